The lowest BCUT2D eigenvalue weighted by atomic mass is 9.96. The summed E-state index contributed by atoms with van der Waals surface area (Å²) in [5, 5.41) is 0. The van der Waals surface area contributed by atoms with E-state index in [4.69, 9.17) is 4.74 Å². The van der Waals surface area contributed by atoms with E-state index in [2.05, 4.69) is 19.9 Å². The maximum Gasteiger partial charge on any atom is 0.124 e. The molecular formula is C13H18O2. The second-order valence-electron chi connectivity index (χ2n) is 3.84. The van der Waals surface area contributed by atoms with Crippen LogP contribution in [0.3, 0.4) is 0 Å². The first-order valence-corrected chi connectivity index (χ1v) is 5.19. The molecule has 0 saturated heterocycles. The molecule has 0 aliphatic heterocycles. The number of aryl methyl sites for hydroxylation is 2. The summed E-state index contributed by atoms with van der Waals surface area (Å²) in [5.41, 5.74) is 4.80. The third-order valence-corrected chi connectivity index (χ3v) is 2.87. The zero-order chi connectivity index (χ0) is 11.4. The van der Waals surface area contributed by atoms with Gasteiger partial charge in [0.1, 0.15) is 12.0 Å². The van der Waals surface area contributed by atoms with Crippen LogP contribution in [-0.4, -0.2) is 13.4 Å². The van der Waals surface area contributed by atoms with Crippen LogP contribution < -0.4 is 4.74 Å². The average Bonchev–Trinajstić information content (AvgIpc) is 2.22. The van der Waals surface area contributed by atoms with E-state index < -0.39 is 0 Å². The maximum absolute atomic E-state index is 10.4. The molecule has 0 aliphatic rings. The molecule has 0 heterocycles. The third-order valence-electron chi connectivity index (χ3n) is 2.87. The topological polar surface area (TPSA) is 26.3 Å². The molecule has 0 fully saturated rings. The van der Waals surface area contributed by atoms with Crippen LogP contribution in [0, 0.1) is 20.8 Å². The molecule has 0 saturated carbocycles. The number of aldehydes is 1. The summed E-state index contributed by atoms with van der Waals surface area (Å²) in [4.78, 5) is 10.4. The Labute approximate surface area is 91.3 Å². The van der Waals surface area contributed by atoms with Gasteiger partial charge in [0.05, 0.1) is 7.11 Å². The lowest BCUT2D eigenvalue weighted by Crippen LogP contribution is -1.99. The standard InChI is InChI=1S/C13H18O2/c1-9-8-12(6-5-7-14)10(2)11(3)13(9)15-4/h7-8H,5-6H2,1-4H3. The first kappa shape index (κ1) is 11.8. The van der Waals surface area contributed by atoms with Crippen molar-refractivity contribution in [2.75, 3.05) is 7.11 Å². The molecule has 0 unspecified atom stereocenters. The van der Waals surface area contributed by atoms with Gasteiger partial charge in [-0.05, 0) is 49.4 Å². The molecule has 1 aromatic rings. The number of ether oxygens (including phenoxy) is 1. The van der Waals surface area contributed by atoms with E-state index in [0.717, 1.165) is 24.0 Å². The normalized spacial score (nSPS) is 10.1. The molecule has 0 aliphatic carbocycles. The minimum Gasteiger partial charge on any atom is -0.496 e. The largest absolute Gasteiger partial charge is 0.496 e. The van der Waals surface area contributed by atoms with Crippen LogP contribution in [-0.2, 0) is 11.2 Å². The first-order chi connectivity index (χ1) is 7.11. The van der Waals surface area contributed by atoms with Gasteiger partial charge in [-0.2, -0.15) is 0 Å². The molecule has 2 nitrogen and oxygen atoms in total. The lowest BCUT2D eigenvalue weighted by Gasteiger charge is -2.15. The average molecular weight is 206 g/mol. The number of rotatable bonds is 4. The van der Waals surface area contributed by atoms with Crippen molar-refractivity contribution in [1.82, 2.24) is 0 Å². The highest BCUT2D eigenvalue weighted by Gasteiger charge is 2.09. The molecule has 0 N–H and O–H groups in total. The lowest BCUT2D eigenvalue weighted by molar-refractivity contribution is -0.107. The number of hydrogen-bond acceptors (Lipinski definition) is 2. The minimum absolute atomic E-state index is 0.589. The van der Waals surface area contributed by atoms with E-state index in [0.29, 0.717) is 6.42 Å². The van der Waals surface area contributed by atoms with Crippen LogP contribution in [0.25, 0.3) is 0 Å². The second kappa shape index (κ2) is 4.96. The Bertz CT molecular complexity index is 367. The molecule has 0 spiro atoms. The molecule has 0 atom stereocenters. The van der Waals surface area contributed by atoms with Crippen LogP contribution in [0.1, 0.15) is 28.7 Å². The Morgan fingerprint density at radius 1 is 1.27 bits per heavy atom. The van der Waals surface area contributed by atoms with Crippen molar-refractivity contribution >= 4 is 6.29 Å². The van der Waals surface area contributed by atoms with Crippen LogP contribution >= 0.6 is 0 Å². The molecule has 0 aromatic heterocycles. The molecule has 0 amide bonds. The Balaban J connectivity index is 3.15. The number of carbonyl (C=O) groups is 1. The summed E-state index contributed by atoms with van der Waals surface area (Å²) in [6, 6.07) is 2.12. The van der Waals surface area contributed by atoms with Crippen molar-refractivity contribution in [2.45, 2.75) is 33.6 Å². The van der Waals surface area contributed by atoms with Crippen LogP contribution in [0.5, 0.6) is 5.75 Å². The zero-order valence-corrected chi connectivity index (χ0v) is 9.89. The Morgan fingerprint density at radius 2 is 1.93 bits per heavy atom. The van der Waals surface area contributed by atoms with Gasteiger partial charge in [0, 0.05) is 6.42 Å². The number of benzene rings is 1. The van der Waals surface area contributed by atoms with E-state index in [9.17, 15) is 4.79 Å². The fraction of sp³-hybridized carbons (Fsp3) is 0.462. The van der Waals surface area contributed by atoms with E-state index in [1.165, 1.54) is 16.7 Å². The number of carbonyl (C=O) groups excluding carboxylic acids is 1. The van der Waals surface area contributed by atoms with Gasteiger partial charge < -0.3 is 9.53 Å². The van der Waals surface area contributed by atoms with E-state index >= 15 is 0 Å². The summed E-state index contributed by atoms with van der Waals surface area (Å²) in [6.07, 6.45) is 2.38. The molecule has 1 rings (SSSR count). The molecular weight excluding hydrogens is 188 g/mol. The number of methoxy groups -OCH3 is 1. The predicted molar refractivity (Wildman–Crippen MR) is 61.6 cm³/mol. The summed E-state index contributed by atoms with van der Waals surface area (Å²) >= 11 is 0. The van der Waals surface area contributed by atoms with Gasteiger partial charge in [-0.15, -0.1) is 0 Å². The van der Waals surface area contributed by atoms with Crippen LogP contribution in [0.4, 0.5) is 0 Å². The summed E-state index contributed by atoms with van der Waals surface area (Å²) in [6.45, 7) is 6.18. The first-order valence-electron chi connectivity index (χ1n) is 5.19. The molecule has 15 heavy (non-hydrogen) atoms. The van der Waals surface area contributed by atoms with Crippen molar-refractivity contribution in [2.24, 2.45) is 0 Å². The van der Waals surface area contributed by atoms with Gasteiger partial charge in [-0.3, -0.25) is 0 Å². The van der Waals surface area contributed by atoms with Crippen molar-refractivity contribution < 1.29 is 9.53 Å². The Hall–Kier alpha value is -1.31. The smallest absolute Gasteiger partial charge is 0.124 e. The SMILES string of the molecule is COc1c(C)cc(CCC=O)c(C)c1C. The fourth-order valence-electron chi connectivity index (χ4n) is 1.93. The highest BCUT2D eigenvalue weighted by atomic mass is 16.5. The maximum atomic E-state index is 10.4. The van der Waals surface area contributed by atoms with Gasteiger partial charge in [-0.25, -0.2) is 0 Å². The molecule has 1 aromatic carbocycles. The molecule has 2 heteroatoms. The quantitative estimate of drug-likeness (QED) is 0.708. The molecule has 0 bridgehead atoms. The van der Waals surface area contributed by atoms with Crippen molar-refractivity contribution in [3.05, 3.63) is 28.3 Å². The minimum atomic E-state index is 0.589. The highest BCUT2D eigenvalue weighted by Crippen LogP contribution is 2.28. The van der Waals surface area contributed by atoms with Crippen molar-refractivity contribution in [3.63, 3.8) is 0 Å². The van der Waals surface area contributed by atoms with E-state index in [1.807, 2.05) is 6.92 Å². The number of hydrogen-bond donors (Lipinski definition) is 0. The van der Waals surface area contributed by atoms with Gasteiger partial charge in [-0.1, -0.05) is 6.07 Å². The van der Waals surface area contributed by atoms with E-state index in [-0.39, 0.29) is 0 Å². The summed E-state index contributed by atoms with van der Waals surface area (Å²) in [7, 11) is 1.69. The van der Waals surface area contributed by atoms with Crippen molar-refractivity contribution in [1.29, 1.82) is 0 Å². The van der Waals surface area contributed by atoms with Gasteiger partial charge >= 0.3 is 0 Å². The molecule has 82 valence electrons. The van der Waals surface area contributed by atoms with E-state index in [1.54, 1.807) is 7.11 Å². The van der Waals surface area contributed by atoms with Crippen molar-refractivity contribution in [3.8, 4) is 5.75 Å². The Morgan fingerprint density at radius 3 is 2.47 bits per heavy atom. The van der Waals surface area contributed by atoms with Gasteiger partial charge in [0.2, 0.25) is 0 Å². The van der Waals surface area contributed by atoms with Crippen LogP contribution in [0.2, 0.25) is 0 Å². The summed E-state index contributed by atoms with van der Waals surface area (Å²) < 4.78 is 5.35. The third kappa shape index (κ3) is 2.38. The zero-order valence-electron chi connectivity index (χ0n) is 9.89. The second-order valence-corrected chi connectivity index (χ2v) is 3.84. The van der Waals surface area contributed by atoms with Gasteiger partial charge in [0.15, 0.2) is 0 Å². The summed E-state index contributed by atoms with van der Waals surface area (Å²) in [5.74, 6) is 0.961. The monoisotopic (exact) mass is 206 g/mol. The predicted octanol–water partition coefficient (Wildman–Crippen LogP) is 2.75. The Kier molecular flexibility index (Phi) is 3.89. The fourth-order valence-corrected chi connectivity index (χ4v) is 1.93. The van der Waals surface area contributed by atoms with Crippen LogP contribution in [0.15, 0.2) is 6.07 Å². The van der Waals surface area contributed by atoms with Gasteiger partial charge in [0.25, 0.3) is 0 Å². The highest BCUT2D eigenvalue weighted by molar-refractivity contribution is 5.53. The molecule has 0 radical (unpaired) electrons.